The van der Waals surface area contributed by atoms with Crippen molar-refractivity contribution in [3.8, 4) is 0 Å². The van der Waals surface area contributed by atoms with Crippen LogP contribution in [0.3, 0.4) is 0 Å². The Morgan fingerprint density at radius 3 is 2.58 bits per heavy atom. The van der Waals surface area contributed by atoms with Crippen LogP contribution in [0.25, 0.3) is 0 Å². The van der Waals surface area contributed by atoms with Crippen molar-refractivity contribution < 1.29 is 0 Å². The molecule has 2 atom stereocenters. The summed E-state index contributed by atoms with van der Waals surface area (Å²) in [7, 11) is 0. The maximum Gasteiger partial charge on any atom is 0.0936 e. The quantitative estimate of drug-likeness (QED) is 0.590. The van der Waals surface area contributed by atoms with Crippen molar-refractivity contribution in [2.24, 2.45) is 5.73 Å². The summed E-state index contributed by atoms with van der Waals surface area (Å²) in [5.41, 5.74) is 6.86. The lowest BCUT2D eigenvalue weighted by atomic mass is 10.1. The van der Waals surface area contributed by atoms with E-state index in [-0.39, 0.29) is 12.2 Å². The molecule has 0 amide bonds. The van der Waals surface area contributed by atoms with Gasteiger partial charge >= 0.3 is 0 Å². The van der Waals surface area contributed by atoms with Crippen molar-refractivity contribution in [1.82, 2.24) is 5.32 Å². The molecule has 4 N–H and O–H groups in total. The number of para-hydroxylation sites is 1. The largest absolute Gasteiger partial charge is 0.368 e. The molecule has 0 radical (unpaired) electrons. The number of hydrogen-bond acceptors (Lipinski definition) is 3. The van der Waals surface area contributed by atoms with Crippen LogP contribution >= 0.6 is 0 Å². The Hall–Kier alpha value is -1.06. The van der Waals surface area contributed by atoms with Crippen molar-refractivity contribution in [2.75, 3.05) is 11.9 Å². The van der Waals surface area contributed by atoms with Crippen LogP contribution in [0.1, 0.15) is 0 Å². The Morgan fingerprint density at radius 2 is 2.08 bits per heavy atom. The van der Waals surface area contributed by atoms with E-state index in [1.807, 2.05) is 30.3 Å². The minimum Gasteiger partial charge on any atom is -0.368 e. The predicted octanol–water partition coefficient (Wildman–Crippen LogP) is 0.355. The summed E-state index contributed by atoms with van der Waals surface area (Å²) in [6.07, 6.45) is 0.243. The van der Waals surface area contributed by atoms with Gasteiger partial charge in [0.2, 0.25) is 0 Å². The lowest BCUT2D eigenvalue weighted by Crippen LogP contribution is -2.65. The molecule has 3 nitrogen and oxygen atoms in total. The first-order valence-electron chi connectivity index (χ1n) is 4.17. The van der Waals surface area contributed by atoms with Crippen molar-refractivity contribution in [3.05, 3.63) is 30.3 Å². The van der Waals surface area contributed by atoms with Gasteiger partial charge in [-0.25, -0.2) is 0 Å². The number of nitrogens with two attached hydrogens (primary N) is 1. The highest BCUT2D eigenvalue weighted by molar-refractivity contribution is 5.44. The molecule has 0 saturated carbocycles. The van der Waals surface area contributed by atoms with Crippen LogP contribution < -0.4 is 16.4 Å². The summed E-state index contributed by atoms with van der Waals surface area (Å²) in [6.45, 7) is 0.907. The normalized spacial score (nSPS) is 27.8. The summed E-state index contributed by atoms with van der Waals surface area (Å²) < 4.78 is 0. The second-order valence-electron chi connectivity index (χ2n) is 3.06. The molecule has 0 spiro atoms. The highest BCUT2D eigenvalue weighted by atomic mass is 15.2. The molecule has 1 aliphatic heterocycles. The second kappa shape index (κ2) is 3.13. The molecule has 3 heteroatoms. The maximum atomic E-state index is 5.75. The molecule has 0 aliphatic carbocycles. The van der Waals surface area contributed by atoms with Gasteiger partial charge in [-0.1, -0.05) is 18.2 Å². The Labute approximate surface area is 72.0 Å². The van der Waals surface area contributed by atoms with Gasteiger partial charge in [-0.3, -0.25) is 5.32 Å². The third-order valence-electron chi connectivity index (χ3n) is 2.10. The molecule has 0 aromatic heterocycles. The standard InChI is InChI=1S/C9H13N3/c10-8-6-11-9(8)12-7-4-2-1-3-5-7/h1-5,8-9,11-12H,6,10H2/t8-,9?/m1/s1. The third kappa shape index (κ3) is 1.42. The van der Waals surface area contributed by atoms with Crippen LogP contribution in [0.15, 0.2) is 30.3 Å². The molecule has 1 fully saturated rings. The molecule has 1 aromatic rings. The zero-order valence-electron chi connectivity index (χ0n) is 6.83. The van der Waals surface area contributed by atoms with Crippen LogP contribution in [-0.2, 0) is 0 Å². The lowest BCUT2D eigenvalue weighted by molar-refractivity contribution is 0.344. The number of anilines is 1. The van der Waals surface area contributed by atoms with Crippen LogP contribution in [0, 0.1) is 0 Å². The molecule has 2 rings (SSSR count). The first-order chi connectivity index (χ1) is 5.86. The summed E-state index contributed by atoms with van der Waals surface area (Å²) >= 11 is 0. The van der Waals surface area contributed by atoms with Gasteiger partial charge in [-0.15, -0.1) is 0 Å². The van der Waals surface area contributed by atoms with Crippen LogP contribution in [-0.4, -0.2) is 18.8 Å². The van der Waals surface area contributed by atoms with Crippen LogP contribution in [0.2, 0.25) is 0 Å². The molecule has 1 aliphatic rings. The molecule has 64 valence electrons. The Bertz CT molecular complexity index is 247. The van der Waals surface area contributed by atoms with E-state index in [0.717, 1.165) is 12.2 Å². The van der Waals surface area contributed by atoms with E-state index in [2.05, 4.69) is 10.6 Å². The van der Waals surface area contributed by atoms with E-state index in [0.29, 0.717) is 0 Å². The Kier molecular flexibility index (Phi) is 1.98. The SMILES string of the molecule is N[C@@H]1CNC1Nc1ccccc1. The summed E-state index contributed by atoms with van der Waals surface area (Å²) in [4.78, 5) is 0. The average molecular weight is 163 g/mol. The molecule has 1 saturated heterocycles. The number of nitrogens with one attached hydrogen (secondary N) is 2. The topological polar surface area (TPSA) is 50.1 Å². The van der Waals surface area contributed by atoms with Gasteiger partial charge < -0.3 is 11.1 Å². The van der Waals surface area contributed by atoms with Crippen LogP contribution in [0.5, 0.6) is 0 Å². The molecule has 12 heavy (non-hydrogen) atoms. The van der Waals surface area contributed by atoms with Crippen molar-refractivity contribution in [2.45, 2.75) is 12.2 Å². The number of benzene rings is 1. The van der Waals surface area contributed by atoms with Crippen molar-refractivity contribution in [3.63, 3.8) is 0 Å². The predicted molar refractivity (Wildman–Crippen MR) is 49.8 cm³/mol. The van der Waals surface area contributed by atoms with E-state index < -0.39 is 0 Å². The molecule has 0 bridgehead atoms. The molecular formula is C9H13N3. The van der Waals surface area contributed by atoms with Gasteiger partial charge in [0, 0.05) is 12.2 Å². The Morgan fingerprint density at radius 1 is 1.33 bits per heavy atom. The molecule has 1 heterocycles. The number of rotatable bonds is 2. The minimum absolute atomic E-state index is 0.241. The first kappa shape index (κ1) is 7.58. The first-order valence-corrected chi connectivity index (χ1v) is 4.17. The van der Waals surface area contributed by atoms with E-state index in [4.69, 9.17) is 5.73 Å². The zero-order chi connectivity index (χ0) is 8.39. The van der Waals surface area contributed by atoms with Crippen molar-refractivity contribution >= 4 is 5.69 Å². The van der Waals surface area contributed by atoms with Crippen molar-refractivity contribution in [1.29, 1.82) is 0 Å². The smallest absolute Gasteiger partial charge is 0.0936 e. The Balaban J connectivity index is 1.95. The lowest BCUT2D eigenvalue weighted by Gasteiger charge is -2.36. The van der Waals surface area contributed by atoms with Gasteiger partial charge in [0.25, 0.3) is 0 Å². The highest BCUT2D eigenvalue weighted by Crippen LogP contribution is 2.09. The number of hydrogen-bond donors (Lipinski definition) is 3. The monoisotopic (exact) mass is 163 g/mol. The summed E-state index contributed by atoms with van der Waals surface area (Å²) in [6, 6.07) is 10.3. The molecule has 1 unspecified atom stereocenters. The third-order valence-corrected chi connectivity index (χ3v) is 2.10. The maximum absolute atomic E-state index is 5.75. The molecule has 1 aromatic carbocycles. The average Bonchev–Trinajstić information content (AvgIpc) is 2.14. The zero-order valence-corrected chi connectivity index (χ0v) is 6.83. The van der Waals surface area contributed by atoms with Gasteiger partial charge in [0.15, 0.2) is 0 Å². The van der Waals surface area contributed by atoms with Gasteiger partial charge in [-0.2, -0.15) is 0 Å². The summed E-state index contributed by atoms with van der Waals surface area (Å²) in [5.74, 6) is 0. The van der Waals surface area contributed by atoms with E-state index in [9.17, 15) is 0 Å². The van der Waals surface area contributed by atoms with Gasteiger partial charge in [0.05, 0.1) is 12.2 Å². The highest BCUT2D eigenvalue weighted by Gasteiger charge is 2.25. The van der Waals surface area contributed by atoms with Gasteiger partial charge in [-0.05, 0) is 12.1 Å². The second-order valence-corrected chi connectivity index (χ2v) is 3.06. The molecular weight excluding hydrogens is 150 g/mol. The fourth-order valence-corrected chi connectivity index (χ4v) is 1.24. The summed E-state index contributed by atoms with van der Waals surface area (Å²) in [5, 5.41) is 6.50. The van der Waals surface area contributed by atoms with Gasteiger partial charge in [0.1, 0.15) is 0 Å². The van der Waals surface area contributed by atoms with E-state index in [1.54, 1.807) is 0 Å². The van der Waals surface area contributed by atoms with Crippen LogP contribution in [0.4, 0.5) is 5.69 Å². The fourth-order valence-electron chi connectivity index (χ4n) is 1.24. The van der Waals surface area contributed by atoms with E-state index in [1.165, 1.54) is 0 Å². The fraction of sp³-hybridized carbons (Fsp3) is 0.333. The minimum atomic E-state index is 0.241. The van der Waals surface area contributed by atoms with E-state index >= 15 is 0 Å².